The number of para-hydroxylation sites is 1. The lowest BCUT2D eigenvalue weighted by Gasteiger charge is -2.56. The number of amides is 2. The zero-order valence-electron chi connectivity index (χ0n) is 23.6. The second kappa shape index (κ2) is 8.35. The molecule has 2 N–H and O–H groups in total. The van der Waals surface area contributed by atoms with Crippen molar-refractivity contribution in [3.8, 4) is 0 Å². The van der Waals surface area contributed by atoms with Crippen LogP contribution in [0.25, 0.3) is 0 Å². The number of carbonyl (C=O) groups excluding carboxylic acids is 2. The van der Waals surface area contributed by atoms with Gasteiger partial charge in [-0.25, -0.2) is 0 Å². The van der Waals surface area contributed by atoms with Gasteiger partial charge in [-0.1, -0.05) is 70.4 Å². The highest BCUT2D eigenvalue weighted by atomic mass is 16.2. The van der Waals surface area contributed by atoms with Gasteiger partial charge in [0.15, 0.2) is 0 Å². The quantitative estimate of drug-likeness (QED) is 0.484. The Bertz CT molecular complexity index is 1170. The fourth-order valence-corrected chi connectivity index (χ4v) is 9.42. The minimum absolute atomic E-state index is 0.0236. The molecule has 1 aromatic rings. The van der Waals surface area contributed by atoms with Crippen LogP contribution in [0, 0.1) is 22.7 Å². The zero-order chi connectivity index (χ0) is 26.3. The van der Waals surface area contributed by atoms with Crippen LogP contribution < -0.4 is 10.6 Å². The summed E-state index contributed by atoms with van der Waals surface area (Å²) in [6.07, 6.45) is 8.38. The van der Waals surface area contributed by atoms with Gasteiger partial charge >= 0.3 is 0 Å². The van der Waals surface area contributed by atoms with Crippen LogP contribution in [0.3, 0.4) is 0 Å². The van der Waals surface area contributed by atoms with E-state index < -0.39 is 12.1 Å². The maximum Gasteiger partial charge on any atom is 0.247 e. The highest BCUT2D eigenvalue weighted by molar-refractivity contribution is 5.98. The summed E-state index contributed by atoms with van der Waals surface area (Å²) >= 11 is 0. The molecule has 5 heteroatoms. The van der Waals surface area contributed by atoms with Gasteiger partial charge in [-0.2, -0.15) is 0 Å². The van der Waals surface area contributed by atoms with E-state index in [1.807, 2.05) is 4.90 Å². The van der Waals surface area contributed by atoms with Gasteiger partial charge in [-0.05, 0) is 86.2 Å². The van der Waals surface area contributed by atoms with Crippen molar-refractivity contribution in [2.75, 3.05) is 5.32 Å². The monoisotopic (exact) mass is 503 g/mol. The molecule has 5 aliphatic rings. The van der Waals surface area contributed by atoms with Gasteiger partial charge in [0.1, 0.15) is 18.2 Å². The molecule has 6 atom stereocenters. The molecule has 3 fully saturated rings. The minimum Gasteiger partial charge on any atom is -0.364 e. The van der Waals surface area contributed by atoms with E-state index in [-0.39, 0.29) is 28.8 Å². The fraction of sp³-hybridized carbons (Fsp3) is 0.688. The number of hydrogen-bond acceptors (Lipinski definition) is 3. The molecular formula is C32H45N3O2. The van der Waals surface area contributed by atoms with E-state index in [1.165, 1.54) is 31.2 Å². The smallest absolute Gasteiger partial charge is 0.247 e. The number of nitrogens with one attached hydrogen (secondary N) is 2. The first-order valence-electron chi connectivity index (χ1n) is 14.7. The summed E-state index contributed by atoms with van der Waals surface area (Å²) in [5, 5.41) is 6.87. The highest BCUT2D eigenvalue weighted by Gasteiger charge is 2.64. The predicted octanol–water partition coefficient (Wildman–Crippen LogP) is 6.15. The van der Waals surface area contributed by atoms with E-state index in [2.05, 4.69) is 76.4 Å². The number of benzene rings is 1. The molecule has 1 aromatic carbocycles. The van der Waals surface area contributed by atoms with Crippen molar-refractivity contribution < 1.29 is 9.59 Å². The number of anilines is 1. The van der Waals surface area contributed by atoms with Crippen LogP contribution in [0.1, 0.15) is 98.5 Å². The van der Waals surface area contributed by atoms with Crippen molar-refractivity contribution in [2.24, 2.45) is 22.7 Å². The fourth-order valence-electron chi connectivity index (χ4n) is 9.42. The maximum absolute atomic E-state index is 13.9. The summed E-state index contributed by atoms with van der Waals surface area (Å²) in [6, 6.07) is 7.77. The molecular weight excluding hydrogens is 458 g/mol. The first kappa shape index (κ1) is 25.0. The number of piperazine rings is 1. The topological polar surface area (TPSA) is 61.4 Å². The number of nitrogens with zero attached hydrogens (tertiary/aromatic N) is 1. The van der Waals surface area contributed by atoms with E-state index in [0.717, 1.165) is 18.5 Å². The van der Waals surface area contributed by atoms with Crippen molar-refractivity contribution in [1.29, 1.82) is 0 Å². The van der Waals surface area contributed by atoms with Gasteiger partial charge in [0.25, 0.3) is 0 Å². The number of rotatable bonds is 4. The number of carbonyl (C=O) groups is 2. The summed E-state index contributed by atoms with van der Waals surface area (Å²) in [5.41, 5.74) is 5.82. The second-order valence-corrected chi connectivity index (χ2v) is 14.2. The lowest BCUT2D eigenvalue weighted by Crippen LogP contribution is -2.64. The Hall–Kier alpha value is -2.30. The Morgan fingerprint density at radius 2 is 1.84 bits per heavy atom. The third-order valence-corrected chi connectivity index (χ3v) is 11.1. The van der Waals surface area contributed by atoms with Crippen LogP contribution in [0.5, 0.6) is 0 Å². The van der Waals surface area contributed by atoms with E-state index in [1.54, 1.807) is 11.1 Å². The second-order valence-electron chi connectivity index (χ2n) is 14.2. The Kier molecular flexibility index (Phi) is 5.64. The Morgan fingerprint density at radius 1 is 1.08 bits per heavy atom. The molecule has 0 radical (unpaired) electrons. The summed E-state index contributed by atoms with van der Waals surface area (Å²) in [5.74, 6) is 1.13. The summed E-state index contributed by atoms with van der Waals surface area (Å²) < 4.78 is 0. The van der Waals surface area contributed by atoms with E-state index in [9.17, 15) is 9.59 Å². The number of fused-ring (bicyclic) bond motifs is 6. The Morgan fingerprint density at radius 3 is 2.59 bits per heavy atom. The highest BCUT2D eigenvalue weighted by Crippen LogP contribution is 2.64. The number of allylic oxidation sites excluding steroid dienone is 2. The van der Waals surface area contributed by atoms with Gasteiger partial charge in [0.05, 0.1) is 0 Å². The average Bonchev–Trinajstić information content (AvgIpc) is 3.30. The molecule has 3 heterocycles. The van der Waals surface area contributed by atoms with Crippen LogP contribution >= 0.6 is 0 Å². The molecule has 200 valence electrons. The minimum atomic E-state index is -0.429. The van der Waals surface area contributed by atoms with Crippen molar-refractivity contribution in [3.05, 3.63) is 41.0 Å². The zero-order valence-corrected chi connectivity index (χ0v) is 23.6. The van der Waals surface area contributed by atoms with E-state index >= 15 is 0 Å². The molecule has 2 aliphatic carbocycles. The van der Waals surface area contributed by atoms with Gasteiger partial charge < -0.3 is 15.5 Å². The van der Waals surface area contributed by atoms with Gasteiger partial charge in [0, 0.05) is 11.1 Å². The van der Waals surface area contributed by atoms with E-state index in [0.29, 0.717) is 30.1 Å². The summed E-state index contributed by atoms with van der Waals surface area (Å²) in [7, 11) is 0. The van der Waals surface area contributed by atoms with E-state index in [4.69, 9.17) is 0 Å². The lowest BCUT2D eigenvalue weighted by molar-refractivity contribution is -0.149. The van der Waals surface area contributed by atoms with Crippen molar-refractivity contribution >= 4 is 17.5 Å². The van der Waals surface area contributed by atoms with Crippen LogP contribution in [0.15, 0.2) is 35.4 Å². The molecule has 5 nitrogen and oxygen atoms in total. The molecule has 2 amide bonds. The van der Waals surface area contributed by atoms with Crippen LogP contribution in [-0.2, 0) is 15.0 Å². The number of hydrogen-bond donors (Lipinski definition) is 2. The molecule has 2 saturated heterocycles. The molecule has 37 heavy (non-hydrogen) atoms. The Balaban J connectivity index is 1.45. The van der Waals surface area contributed by atoms with Crippen molar-refractivity contribution in [3.63, 3.8) is 0 Å². The van der Waals surface area contributed by atoms with Gasteiger partial charge in [-0.15, -0.1) is 0 Å². The molecule has 0 spiro atoms. The largest absolute Gasteiger partial charge is 0.364 e. The summed E-state index contributed by atoms with van der Waals surface area (Å²) in [4.78, 5) is 29.4. The normalized spacial score (nSPS) is 38.1. The molecule has 0 bridgehead atoms. The predicted molar refractivity (Wildman–Crippen MR) is 148 cm³/mol. The third-order valence-electron chi connectivity index (χ3n) is 11.1. The van der Waals surface area contributed by atoms with Gasteiger partial charge in [0.2, 0.25) is 11.8 Å². The van der Waals surface area contributed by atoms with Crippen molar-refractivity contribution in [2.45, 2.75) is 117 Å². The first-order chi connectivity index (χ1) is 17.5. The third kappa shape index (κ3) is 3.55. The van der Waals surface area contributed by atoms with Crippen LogP contribution in [0.2, 0.25) is 0 Å². The van der Waals surface area contributed by atoms with Crippen LogP contribution in [-0.4, -0.2) is 35.0 Å². The molecule has 1 saturated carbocycles. The molecule has 0 aromatic heterocycles. The SMILES string of the molecule is CC1=C(C[C@]23C[C@H]4C(=O)N[C@@H](CC(C)C)C(=O)N4[C@H]2Nc2ccccc23)[C@@]2(C)CCCC(C)(C)[C@@H]2CC1. The van der Waals surface area contributed by atoms with Gasteiger partial charge in [-0.3, -0.25) is 9.59 Å². The molecule has 3 aliphatic heterocycles. The van der Waals surface area contributed by atoms with Crippen molar-refractivity contribution in [1.82, 2.24) is 10.2 Å². The average molecular weight is 504 g/mol. The first-order valence-corrected chi connectivity index (χ1v) is 14.7. The molecule has 0 unspecified atom stereocenters. The lowest BCUT2D eigenvalue weighted by atomic mass is 9.49. The summed E-state index contributed by atoms with van der Waals surface area (Å²) in [6.45, 7) is 14.1. The Labute approximate surface area is 222 Å². The van der Waals surface area contributed by atoms with Crippen LogP contribution in [0.4, 0.5) is 5.69 Å². The maximum atomic E-state index is 13.9. The standard InChI is InChI=1S/C32H45N3O2/c1-19(2)16-24-28(37)35-25(27(36)33-24)18-32(21-10-7-8-11-23(21)34-29(32)35)17-22-20(3)12-13-26-30(4,5)14-9-15-31(22,26)6/h7-8,10-11,19,24-26,29,34H,9,12-18H2,1-6H3,(H,33,36)/t24-,25-,26-,29+,31+,32+/m0/s1. The molecule has 6 rings (SSSR count).